The lowest BCUT2D eigenvalue weighted by Crippen LogP contribution is -2.28. The second-order valence-corrected chi connectivity index (χ2v) is 16.5. The molecule has 5 heteroatoms. The first-order valence-corrected chi connectivity index (χ1v) is 26.0. The van der Waals surface area contributed by atoms with Crippen LogP contribution in [0.5, 0.6) is 0 Å². The summed E-state index contributed by atoms with van der Waals surface area (Å²) >= 11 is 0. The van der Waals surface area contributed by atoms with Gasteiger partial charge in [-0.25, -0.2) is 0 Å². The van der Waals surface area contributed by atoms with Gasteiger partial charge in [-0.2, -0.15) is 0 Å². The van der Waals surface area contributed by atoms with E-state index in [2.05, 4.69) is 172 Å². The number of allylic oxidation sites excluding steroid dienone is 26. The molecule has 0 aliphatic carbocycles. The van der Waals surface area contributed by atoms with Gasteiger partial charge in [0.25, 0.3) is 0 Å². The summed E-state index contributed by atoms with van der Waals surface area (Å²) < 4.78 is 10.6. The van der Waals surface area contributed by atoms with Crippen LogP contribution in [0, 0.1) is 0 Å². The van der Waals surface area contributed by atoms with Crippen molar-refractivity contribution in [2.75, 3.05) is 13.2 Å². The fraction of sp³-hybridized carbons (Fsp3) is 0.541. The van der Waals surface area contributed by atoms with E-state index in [1.54, 1.807) is 0 Å². The number of carbonyl (C=O) groups is 2. The molecule has 0 saturated carbocycles. The summed E-state index contributed by atoms with van der Waals surface area (Å²) in [5, 5.41) is 9.60. The molecule has 0 fully saturated rings. The van der Waals surface area contributed by atoms with Crippen molar-refractivity contribution in [2.24, 2.45) is 0 Å². The summed E-state index contributed by atoms with van der Waals surface area (Å²) in [6, 6.07) is 0. The van der Waals surface area contributed by atoms with E-state index in [0.29, 0.717) is 12.8 Å². The van der Waals surface area contributed by atoms with Crippen LogP contribution < -0.4 is 0 Å². The molecule has 368 valence electrons. The van der Waals surface area contributed by atoms with E-state index < -0.39 is 6.10 Å². The summed E-state index contributed by atoms with van der Waals surface area (Å²) in [6.07, 6.45) is 84.9. The first-order chi connectivity index (χ1) is 32.6. The minimum Gasteiger partial charge on any atom is -0.462 e. The lowest BCUT2D eigenvalue weighted by molar-refractivity contribution is -0.161. The number of hydrogen-bond donors (Lipinski definition) is 1. The van der Waals surface area contributed by atoms with Crippen LogP contribution in [0.3, 0.4) is 0 Å². The van der Waals surface area contributed by atoms with Gasteiger partial charge < -0.3 is 14.6 Å². The number of aliphatic hydroxyl groups is 1. The highest BCUT2D eigenvalue weighted by molar-refractivity contribution is 5.70. The molecular formula is C61H94O5. The van der Waals surface area contributed by atoms with Gasteiger partial charge >= 0.3 is 11.9 Å². The maximum absolute atomic E-state index is 12.3. The Kier molecular flexibility index (Phi) is 51.1. The van der Waals surface area contributed by atoms with Crippen molar-refractivity contribution in [2.45, 2.75) is 200 Å². The van der Waals surface area contributed by atoms with Crippen molar-refractivity contribution in [1.82, 2.24) is 0 Å². The number of hydrogen-bond acceptors (Lipinski definition) is 5. The Bertz CT molecular complexity index is 1490. The van der Waals surface area contributed by atoms with Crippen LogP contribution in [0.25, 0.3) is 0 Å². The largest absolute Gasteiger partial charge is 0.462 e. The maximum atomic E-state index is 12.3. The highest BCUT2D eigenvalue weighted by Crippen LogP contribution is 2.12. The molecule has 0 aliphatic rings. The van der Waals surface area contributed by atoms with Crippen molar-refractivity contribution in [1.29, 1.82) is 0 Å². The normalized spacial score (nSPS) is 13.6. The van der Waals surface area contributed by atoms with Crippen LogP contribution in [0.15, 0.2) is 158 Å². The molecule has 0 saturated heterocycles. The number of aliphatic hydroxyl groups excluding tert-OH is 1. The summed E-state index contributed by atoms with van der Waals surface area (Å²) in [4.78, 5) is 24.4. The zero-order chi connectivity index (χ0) is 47.7. The summed E-state index contributed by atoms with van der Waals surface area (Å²) in [6.45, 7) is 3.85. The molecule has 1 atom stereocenters. The Hall–Kier alpha value is -4.48. The second-order valence-electron chi connectivity index (χ2n) is 16.5. The summed E-state index contributed by atoms with van der Waals surface area (Å²) in [5.41, 5.74) is 0. The lowest BCUT2D eigenvalue weighted by Gasteiger charge is -2.15. The lowest BCUT2D eigenvalue weighted by atomic mass is 10.1. The molecule has 0 rings (SSSR count). The SMILES string of the molecule is CC/C=C\C/C=C\C/C=C\C/C=C\C/C=C\C/C=C\C/C=C\C/C=C\C/C=C\C/C=C\CCCCCCCCCCC(=O)OC(CO)COC(=O)CCCCC/C=C\C/C=C\C/C=C\CC. The van der Waals surface area contributed by atoms with Gasteiger partial charge in [0.2, 0.25) is 0 Å². The Morgan fingerprint density at radius 3 is 0.924 bits per heavy atom. The molecule has 1 N–H and O–H groups in total. The zero-order valence-corrected chi connectivity index (χ0v) is 41.9. The van der Waals surface area contributed by atoms with Crippen molar-refractivity contribution in [3.63, 3.8) is 0 Å². The number of carbonyl (C=O) groups excluding carboxylic acids is 2. The molecule has 66 heavy (non-hydrogen) atoms. The quantitative estimate of drug-likeness (QED) is 0.0374. The van der Waals surface area contributed by atoms with Gasteiger partial charge in [0.05, 0.1) is 6.61 Å². The van der Waals surface area contributed by atoms with Gasteiger partial charge in [-0.3, -0.25) is 9.59 Å². The van der Waals surface area contributed by atoms with E-state index in [1.165, 1.54) is 32.1 Å². The van der Waals surface area contributed by atoms with Crippen LogP contribution in [-0.4, -0.2) is 36.4 Å². The number of rotatable bonds is 45. The van der Waals surface area contributed by atoms with Crippen molar-refractivity contribution >= 4 is 11.9 Å². The summed E-state index contributed by atoms with van der Waals surface area (Å²) in [7, 11) is 0. The topological polar surface area (TPSA) is 72.8 Å². The van der Waals surface area contributed by atoms with Crippen LogP contribution in [0.1, 0.15) is 194 Å². The smallest absolute Gasteiger partial charge is 0.306 e. The molecule has 0 spiro atoms. The van der Waals surface area contributed by atoms with Crippen molar-refractivity contribution < 1.29 is 24.2 Å². The van der Waals surface area contributed by atoms with E-state index in [4.69, 9.17) is 9.47 Å². The highest BCUT2D eigenvalue weighted by Gasteiger charge is 2.16. The third-order valence-electron chi connectivity index (χ3n) is 10.3. The Labute approximate surface area is 405 Å². The van der Waals surface area contributed by atoms with E-state index in [9.17, 15) is 14.7 Å². The number of esters is 2. The van der Waals surface area contributed by atoms with E-state index in [0.717, 1.165) is 135 Å². The summed E-state index contributed by atoms with van der Waals surface area (Å²) in [5.74, 6) is -0.649. The minimum absolute atomic E-state index is 0.0942. The van der Waals surface area contributed by atoms with Crippen molar-refractivity contribution in [3.8, 4) is 0 Å². The maximum Gasteiger partial charge on any atom is 0.306 e. The molecule has 0 aromatic heterocycles. The number of unbranched alkanes of at least 4 members (excludes halogenated alkanes) is 11. The molecule has 0 bridgehead atoms. The minimum atomic E-state index is -0.799. The Morgan fingerprint density at radius 1 is 0.348 bits per heavy atom. The second kappa shape index (κ2) is 54.9. The van der Waals surface area contributed by atoms with E-state index in [1.807, 2.05) is 0 Å². The molecule has 5 nitrogen and oxygen atoms in total. The third-order valence-corrected chi connectivity index (χ3v) is 10.3. The van der Waals surface area contributed by atoms with Crippen LogP contribution in [0.2, 0.25) is 0 Å². The molecule has 1 unspecified atom stereocenters. The van der Waals surface area contributed by atoms with Gasteiger partial charge in [-0.1, -0.05) is 217 Å². The first-order valence-electron chi connectivity index (χ1n) is 26.0. The van der Waals surface area contributed by atoms with Crippen LogP contribution in [-0.2, 0) is 19.1 Å². The fourth-order valence-electron chi connectivity index (χ4n) is 6.48. The fourth-order valence-corrected chi connectivity index (χ4v) is 6.48. The zero-order valence-electron chi connectivity index (χ0n) is 41.9. The van der Waals surface area contributed by atoms with E-state index in [-0.39, 0.29) is 25.2 Å². The molecule has 0 aromatic carbocycles. The van der Waals surface area contributed by atoms with Crippen LogP contribution in [0.4, 0.5) is 0 Å². The molecular weight excluding hydrogens is 813 g/mol. The Morgan fingerprint density at radius 2 is 0.606 bits per heavy atom. The van der Waals surface area contributed by atoms with Crippen LogP contribution >= 0.6 is 0 Å². The average molecular weight is 907 g/mol. The van der Waals surface area contributed by atoms with Gasteiger partial charge in [-0.15, -0.1) is 0 Å². The van der Waals surface area contributed by atoms with Crippen molar-refractivity contribution in [3.05, 3.63) is 158 Å². The van der Waals surface area contributed by atoms with Gasteiger partial charge in [0.15, 0.2) is 6.10 Å². The monoisotopic (exact) mass is 907 g/mol. The Balaban J connectivity index is 3.64. The molecule has 0 radical (unpaired) electrons. The molecule has 0 aromatic rings. The highest BCUT2D eigenvalue weighted by atomic mass is 16.6. The number of ether oxygens (including phenoxy) is 2. The van der Waals surface area contributed by atoms with Gasteiger partial charge in [0.1, 0.15) is 6.61 Å². The molecule has 0 amide bonds. The predicted octanol–water partition coefficient (Wildman–Crippen LogP) is 17.6. The van der Waals surface area contributed by atoms with Gasteiger partial charge in [0, 0.05) is 12.8 Å². The standard InChI is InChI=1S/C61H94O5/c1-3-5-7-9-11-13-15-17-18-19-20-21-22-23-24-25-26-27-28-29-30-31-32-33-34-35-36-37-38-39-40-41-42-44-46-48-50-52-54-56-61(64)66-59(57-62)58-65-60(63)55-53-51-49-47-45-43-16-14-12-10-8-6-4-2/h5-8,11-14,17-18,20-21,23-24,26-27,29-30,32-33,35-36,38-39,43,45,59,62H,3-4,9-10,15-16,19,22,25,28,31,34,37,40-42,44,46-58H2,1-2H3/b7-5-,8-6-,13-11-,14-12-,18-17-,21-20-,24-23-,27-26-,30-29-,33-32-,36-35-,39-38-,45-43-. The first kappa shape index (κ1) is 61.5. The third kappa shape index (κ3) is 52.1. The van der Waals surface area contributed by atoms with Gasteiger partial charge in [-0.05, 0) is 122 Å². The van der Waals surface area contributed by atoms with E-state index >= 15 is 0 Å². The molecule has 0 aliphatic heterocycles. The average Bonchev–Trinajstić information content (AvgIpc) is 3.32. The molecule has 0 heterocycles. The predicted molar refractivity (Wildman–Crippen MR) is 287 cm³/mol.